The molecule has 11 nitrogen and oxygen atoms in total. The minimum absolute atomic E-state index is 0.0519. The molecule has 58 heavy (non-hydrogen) atoms. The molecule has 0 amide bonds. The van der Waals surface area contributed by atoms with Crippen molar-refractivity contribution in [2.75, 3.05) is 47.5 Å². The molecule has 3 unspecified atom stereocenters. The number of esters is 2. The lowest BCUT2D eigenvalue weighted by atomic mass is 10.0. The number of nitrogens with zero attached hydrogens (tertiary/aromatic N) is 1. The van der Waals surface area contributed by atoms with Crippen LogP contribution in [0.1, 0.15) is 152 Å². The van der Waals surface area contributed by atoms with E-state index in [0.717, 1.165) is 95.0 Å². The van der Waals surface area contributed by atoms with Crippen LogP contribution in [0.3, 0.4) is 0 Å². The predicted molar refractivity (Wildman–Crippen MR) is 229 cm³/mol. The number of allylic oxidation sites excluding steroid dienone is 4. The molecule has 4 atom stereocenters. The van der Waals surface area contributed by atoms with Crippen molar-refractivity contribution in [2.24, 2.45) is 0 Å². The van der Waals surface area contributed by atoms with Crippen molar-refractivity contribution in [1.29, 1.82) is 0 Å². The Hall–Kier alpha value is -2.53. The summed E-state index contributed by atoms with van der Waals surface area (Å²) in [5.41, 5.74) is 2.56. The average molecular weight is 836 g/mol. The minimum atomic E-state index is -4.66. The molecule has 0 spiro atoms. The summed E-state index contributed by atoms with van der Waals surface area (Å²) in [4.78, 5) is 37.7. The van der Waals surface area contributed by atoms with Gasteiger partial charge in [-0.2, -0.15) is 0 Å². The first-order valence-corrected chi connectivity index (χ1v) is 23.6. The van der Waals surface area contributed by atoms with Gasteiger partial charge in [0.15, 0.2) is 6.10 Å². The standard InChI is InChI=1S/C46H78NO10P/c1-8-10-11-12-18-24-30-43-44(57-43)31-25-20-14-13-15-21-26-32-45(48)52-36-40(37-54-58(50,51)53-35-34-47(5,6)7)55-46(49)33-27-22-17-16-19-23-29-42-39(4)38(3)41(56-42)28-9-2/h13,15,18,20,24-25,40,43-44H,8-12,14,16-17,19,21-23,26-37H2,1-7H3/b15-13-,24-18-,25-20-/t40-,43?,44?/m1/s1. The van der Waals surface area contributed by atoms with Gasteiger partial charge in [-0.25, -0.2) is 0 Å². The Morgan fingerprint density at radius 3 is 2.02 bits per heavy atom. The van der Waals surface area contributed by atoms with Crippen molar-refractivity contribution in [2.45, 2.75) is 174 Å². The van der Waals surface area contributed by atoms with Crippen LogP contribution >= 0.6 is 7.82 Å². The number of carbonyl (C=O) groups excluding carboxylic acids is 2. The maximum absolute atomic E-state index is 12.7. The zero-order valence-electron chi connectivity index (χ0n) is 37.1. The van der Waals surface area contributed by atoms with Crippen LogP contribution in [-0.2, 0) is 50.3 Å². The number of aryl methyl sites for hydroxylation is 2. The normalized spacial score (nSPS) is 17.4. The van der Waals surface area contributed by atoms with E-state index in [1.807, 2.05) is 27.2 Å². The van der Waals surface area contributed by atoms with E-state index in [4.69, 9.17) is 27.7 Å². The van der Waals surface area contributed by atoms with Crippen LogP contribution in [0.4, 0.5) is 0 Å². The van der Waals surface area contributed by atoms with E-state index in [1.165, 1.54) is 30.4 Å². The maximum Gasteiger partial charge on any atom is 0.306 e. The number of unbranched alkanes of at least 4 members (excludes halogenated alkanes) is 9. The van der Waals surface area contributed by atoms with Gasteiger partial charge in [-0.3, -0.25) is 14.2 Å². The van der Waals surface area contributed by atoms with Gasteiger partial charge in [0.05, 0.1) is 40.0 Å². The Bertz CT molecular complexity index is 1430. The molecular formula is C46H78NO10P. The molecule has 1 aliphatic rings. The first kappa shape index (κ1) is 51.6. The van der Waals surface area contributed by atoms with Crippen molar-refractivity contribution >= 4 is 19.8 Å². The fourth-order valence-electron chi connectivity index (χ4n) is 6.38. The van der Waals surface area contributed by atoms with Gasteiger partial charge >= 0.3 is 11.9 Å². The van der Waals surface area contributed by atoms with E-state index in [9.17, 15) is 19.0 Å². The third-order valence-electron chi connectivity index (χ3n) is 10.2. The van der Waals surface area contributed by atoms with E-state index in [0.29, 0.717) is 36.1 Å². The highest BCUT2D eigenvalue weighted by Crippen LogP contribution is 2.38. The van der Waals surface area contributed by atoms with Crippen molar-refractivity contribution in [3.8, 4) is 0 Å². The van der Waals surface area contributed by atoms with E-state index in [2.05, 4.69) is 58.1 Å². The van der Waals surface area contributed by atoms with Gasteiger partial charge in [0.25, 0.3) is 7.82 Å². The third kappa shape index (κ3) is 25.2. The van der Waals surface area contributed by atoms with Gasteiger partial charge in [0.1, 0.15) is 31.3 Å². The topological polar surface area (TPSA) is 137 Å². The predicted octanol–water partition coefficient (Wildman–Crippen LogP) is 10.1. The summed E-state index contributed by atoms with van der Waals surface area (Å²) in [7, 11) is 1.09. The Kier molecular flexibility index (Phi) is 26.4. The van der Waals surface area contributed by atoms with Crippen molar-refractivity contribution in [3.05, 3.63) is 59.1 Å². The van der Waals surface area contributed by atoms with Crippen molar-refractivity contribution in [1.82, 2.24) is 0 Å². The van der Waals surface area contributed by atoms with Crippen LogP contribution in [0, 0.1) is 13.8 Å². The number of furan rings is 1. The van der Waals surface area contributed by atoms with E-state index in [-0.39, 0.29) is 26.1 Å². The summed E-state index contributed by atoms with van der Waals surface area (Å²) >= 11 is 0. The average Bonchev–Trinajstić information content (AvgIpc) is 3.87. The molecule has 0 bridgehead atoms. The highest BCUT2D eigenvalue weighted by Gasteiger charge is 2.36. The van der Waals surface area contributed by atoms with E-state index >= 15 is 0 Å². The number of phosphoric acid groups is 1. The lowest BCUT2D eigenvalue weighted by Gasteiger charge is -2.28. The SMILES string of the molecule is CCCCC/C=C\CC1OC1C/C=C\C/C=C\CCCC(=O)OC[C@H](COP(=O)([O-])OCC[N+](C)(C)C)OC(=O)CCCCCCCCc1oc(CCC)c(C)c1C. The van der Waals surface area contributed by atoms with Crippen LogP contribution in [0.25, 0.3) is 0 Å². The van der Waals surface area contributed by atoms with Crippen LogP contribution in [0.2, 0.25) is 0 Å². The molecule has 0 aromatic carbocycles. The number of carbonyl (C=O) groups is 2. The van der Waals surface area contributed by atoms with E-state index < -0.39 is 32.5 Å². The Morgan fingerprint density at radius 2 is 1.33 bits per heavy atom. The third-order valence-corrected chi connectivity index (χ3v) is 11.2. The Labute approximate surface area is 351 Å². The van der Waals surface area contributed by atoms with Crippen LogP contribution in [-0.4, -0.2) is 82.2 Å². The molecule has 0 aliphatic carbocycles. The number of quaternary nitrogens is 1. The zero-order chi connectivity index (χ0) is 42.7. The highest BCUT2D eigenvalue weighted by molar-refractivity contribution is 7.45. The molecule has 1 fully saturated rings. The molecule has 1 saturated heterocycles. The first-order valence-electron chi connectivity index (χ1n) is 22.2. The van der Waals surface area contributed by atoms with Crippen molar-refractivity contribution in [3.63, 3.8) is 0 Å². The lowest BCUT2D eigenvalue weighted by molar-refractivity contribution is -0.870. The zero-order valence-corrected chi connectivity index (χ0v) is 38.0. The van der Waals surface area contributed by atoms with Gasteiger partial charge in [-0.1, -0.05) is 88.8 Å². The number of rotatable bonds is 35. The second-order valence-electron chi connectivity index (χ2n) is 16.7. The van der Waals surface area contributed by atoms with Crippen molar-refractivity contribution < 1.29 is 51.2 Å². The van der Waals surface area contributed by atoms with Crippen LogP contribution < -0.4 is 4.89 Å². The minimum Gasteiger partial charge on any atom is -0.756 e. The lowest BCUT2D eigenvalue weighted by Crippen LogP contribution is -2.37. The number of hydrogen-bond donors (Lipinski definition) is 0. The number of ether oxygens (including phenoxy) is 3. The molecular weight excluding hydrogens is 757 g/mol. The second-order valence-corrected chi connectivity index (χ2v) is 18.1. The van der Waals surface area contributed by atoms with Crippen LogP contribution in [0.15, 0.2) is 40.9 Å². The molecule has 0 N–H and O–H groups in total. The summed E-state index contributed by atoms with van der Waals surface area (Å²) in [6, 6.07) is 0. The second kappa shape index (κ2) is 29.7. The number of phosphoric ester groups is 1. The van der Waals surface area contributed by atoms with Gasteiger partial charge in [0, 0.05) is 25.7 Å². The molecule has 1 aromatic heterocycles. The van der Waals surface area contributed by atoms with Crippen LogP contribution in [0.5, 0.6) is 0 Å². The fraction of sp³-hybridized carbons (Fsp3) is 0.739. The highest BCUT2D eigenvalue weighted by atomic mass is 31.2. The summed E-state index contributed by atoms with van der Waals surface area (Å²) < 4.78 is 45.8. The Balaban J connectivity index is 1.66. The van der Waals surface area contributed by atoms with E-state index in [1.54, 1.807) is 0 Å². The smallest absolute Gasteiger partial charge is 0.306 e. The van der Waals surface area contributed by atoms with Gasteiger partial charge in [0.2, 0.25) is 0 Å². The van der Waals surface area contributed by atoms with Gasteiger partial charge < -0.3 is 37.1 Å². The fourth-order valence-corrected chi connectivity index (χ4v) is 7.11. The molecule has 0 saturated carbocycles. The molecule has 1 aliphatic heterocycles. The molecule has 12 heteroatoms. The largest absolute Gasteiger partial charge is 0.756 e. The summed E-state index contributed by atoms with van der Waals surface area (Å²) in [5.74, 6) is 1.28. The first-order chi connectivity index (χ1) is 27.7. The summed E-state index contributed by atoms with van der Waals surface area (Å²) in [6.07, 6.45) is 30.7. The Morgan fingerprint density at radius 1 is 0.724 bits per heavy atom. The molecule has 332 valence electrons. The number of epoxide rings is 1. The monoisotopic (exact) mass is 836 g/mol. The number of hydrogen-bond acceptors (Lipinski definition) is 10. The molecule has 2 rings (SSSR count). The quantitative estimate of drug-likeness (QED) is 0.0162. The molecule has 0 radical (unpaired) electrons. The molecule has 1 aromatic rings. The number of likely N-dealkylation sites (N-methyl/N-ethyl adjacent to an activating group) is 1. The summed E-state index contributed by atoms with van der Waals surface area (Å²) in [5, 5.41) is 0. The molecule has 2 heterocycles. The summed E-state index contributed by atoms with van der Waals surface area (Å²) in [6.45, 7) is 8.26. The van der Waals surface area contributed by atoms with Gasteiger partial charge in [-0.05, 0) is 89.2 Å². The maximum atomic E-state index is 12.7. The van der Waals surface area contributed by atoms with Gasteiger partial charge in [-0.15, -0.1) is 0 Å².